The van der Waals surface area contributed by atoms with E-state index in [9.17, 15) is 4.79 Å². The van der Waals surface area contributed by atoms with Crippen molar-refractivity contribution >= 4 is 21.2 Å². The molecule has 0 radical (unpaired) electrons. The summed E-state index contributed by atoms with van der Waals surface area (Å²) in [6.07, 6.45) is 9.11. The largest absolute Gasteiger partial charge is 0.502 e. The Hall–Kier alpha value is -1.36. The monoisotopic (exact) mass is 500 g/mol. The van der Waals surface area contributed by atoms with Crippen LogP contribution in [0.2, 0.25) is 5.82 Å². The molecule has 0 aromatic rings. The minimum Gasteiger partial charge on any atom is -0.502 e. The van der Waals surface area contributed by atoms with Crippen LogP contribution in [0.5, 0.6) is 0 Å². The smallest absolute Gasteiger partial charge is 0.298 e. The van der Waals surface area contributed by atoms with E-state index in [-0.39, 0.29) is 23.5 Å². The molecule has 2 N–H and O–H groups in total. The number of hydrogen-bond acceptors (Lipinski definition) is 4. The summed E-state index contributed by atoms with van der Waals surface area (Å²) in [5.74, 6) is 3.70. The van der Waals surface area contributed by atoms with Gasteiger partial charge >= 0.3 is 0 Å². The van der Waals surface area contributed by atoms with Gasteiger partial charge in [-0.1, -0.05) is 60.1 Å². The van der Waals surface area contributed by atoms with Crippen LogP contribution in [0.1, 0.15) is 99.3 Å². The van der Waals surface area contributed by atoms with Gasteiger partial charge in [0.1, 0.15) is 7.85 Å². The molecule has 0 aliphatic heterocycles. The van der Waals surface area contributed by atoms with Crippen molar-refractivity contribution in [2.45, 2.75) is 123 Å². The molecule has 1 amide bonds. The quantitative estimate of drug-likeness (QED) is 0.166. The number of ether oxygens (including phenoxy) is 1. The standard InChI is InChI=1S/C29H54B2N2O3/c1-19(2)16-26(31-36-29(8)24-17-23(18-25(29)30)28(24,6)7)32-21(4)22(5)33-27(34)15-13-11-10-12-14-20(3)35-9/h19,22-26,31-32H,3-4,10-18,30H2,1-2,5-9H3,(H,33,34)/t22-,23-,24-,25+,26-,29-/m0/s1. The van der Waals surface area contributed by atoms with Gasteiger partial charge in [0.05, 0.1) is 18.9 Å². The molecule has 0 saturated heterocycles. The van der Waals surface area contributed by atoms with Crippen molar-refractivity contribution in [1.82, 2.24) is 10.6 Å². The summed E-state index contributed by atoms with van der Waals surface area (Å²) < 4.78 is 11.9. The number of fused-ring (bicyclic) bond motifs is 2. The number of methoxy groups -OCH3 is 1. The second-order valence-electron chi connectivity index (χ2n) is 12.9. The van der Waals surface area contributed by atoms with Gasteiger partial charge in [-0.05, 0) is 68.5 Å². The third-order valence-corrected chi connectivity index (χ3v) is 9.32. The highest BCUT2D eigenvalue weighted by Crippen LogP contribution is 2.66. The highest BCUT2D eigenvalue weighted by Gasteiger charge is 2.62. The van der Waals surface area contributed by atoms with Crippen LogP contribution in [0.25, 0.3) is 0 Å². The maximum Gasteiger partial charge on any atom is 0.298 e. The number of carbonyl (C=O) groups is 1. The van der Waals surface area contributed by atoms with E-state index in [0.29, 0.717) is 37.0 Å². The Morgan fingerprint density at radius 3 is 2.28 bits per heavy atom. The van der Waals surface area contributed by atoms with E-state index in [0.717, 1.165) is 55.9 Å². The van der Waals surface area contributed by atoms with Crippen molar-refractivity contribution in [1.29, 1.82) is 0 Å². The molecule has 3 aliphatic carbocycles. The summed E-state index contributed by atoms with van der Waals surface area (Å²) >= 11 is 0. The molecule has 3 rings (SSSR count). The molecule has 204 valence electrons. The van der Waals surface area contributed by atoms with Crippen LogP contribution in [0.15, 0.2) is 24.6 Å². The molecule has 0 aromatic heterocycles. The maximum atomic E-state index is 12.5. The number of hydrogen-bond donors (Lipinski definition) is 2. The van der Waals surface area contributed by atoms with Crippen molar-refractivity contribution in [3.8, 4) is 0 Å². The van der Waals surface area contributed by atoms with Gasteiger partial charge < -0.3 is 20.0 Å². The van der Waals surface area contributed by atoms with Gasteiger partial charge in [-0.2, -0.15) is 0 Å². The zero-order valence-electron chi connectivity index (χ0n) is 24.7. The molecule has 5 nitrogen and oxygen atoms in total. The van der Waals surface area contributed by atoms with Gasteiger partial charge in [-0.15, -0.1) is 0 Å². The number of nitrogens with one attached hydrogen (secondary N) is 2. The number of unbranched alkanes of at least 4 members (excludes halogenated alkanes) is 3. The number of allylic oxidation sites excluding steroid dienone is 1. The Morgan fingerprint density at radius 1 is 1.06 bits per heavy atom. The Kier molecular flexibility index (Phi) is 11.5. The molecule has 0 unspecified atom stereocenters. The fourth-order valence-electron chi connectivity index (χ4n) is 6.50. The minimum atomic E-state index is -0.118. The average molecular weight is 500 g/mol. The Labute approximate surface area is 223 Å². The van der Waals surface area contributed by atoms with E-state index in [1.54, 1.807) is 7.11 Å². The molecule has 2 bridgehead atoms. The van der Waals surface area contributed by atoms with Crippen LogP contribution >= 0.6 is 0 Å². The fourth-order valence-corrected chi connectivity index (χ4v) is 6.50. The molecule has 6 atom stereocenters. The second-order valence-corrected chi connectivity index (χ2v) is 12.9. The Balaban J connectivity index is 1.79. The van der Waals surface area contributed by atoms with Crippen molar-refractivity contribution in [2.75, 3.05) is 7.11 Å². The zero-order valence-corrected chi connectivity index (χ0v) is 24.7. The van der Waals surface area contributed by atoms with Gasteiger partial charge in [-0.25, -0.2) is 0 Å². The Morgan fingerprint density at radius 2 is 1.69 bits per heavy atom. The van der Waals surface area contributed by atoms with Gasteiger partial charge in [-0.3, -0.25) is 4.79 Å². The van der Waals surface area contributed by atoms with E-state index < -0.39 is 0 Å². The molecule has 3 saturated carbocycles. The summed E-state index contributed by atoms with van der Waals surface area (Å²) in [4.78, 5) is 12.5. The first-order chi connectivity index (χ1) is 16.8. The number of amides is 1. The maximum absolute atomic E-state index is 12.5. The first-order valence-corrected chi connectivity index (χ1v) is 14.4. The molecule has 3 fully saturated rings. The third-order valence-electron chi connectivity index (χ3n) is 9.32. The zero-order chi connectivity index (χ0) is 27.1. The lowest BCUT2D eigenvalue weighted by molar-refractivity contribution is -0.180. The van der Waals surface area contributed by atoms with E-state index in [4.69, 9.17) is 9.39 Å². The first-order valence-electron chi connectivity index (χ1n) is 14.4. The van der Waals surface area contributed by atoms with E-state index in [1.165, 1.54) is 12.8 Å². The lowest BCUT2D eigenvalue weighted by Gasteiger charge is -2.67. The van der Waals surface area contributed by atoms with Gasteiger partial charge in [0.15, 0.2) is 0 Å². The molecule has 0 spiro atoms. The molecule has 0 heterocycles. The summed E-state index contributed by atoms with van der Waals surface area (Å²) in [5, 5.41) is 6.74. The molecule has 7 heteroatoms. The highest BCUT2D eigenvalue weighted by atomic mass is 16.5. The van der Waals surface area contributed by atoms with Crippen LogP contribution in [-0.4, -0.2) is 45.9 Å². The van der Waals surface area contributed by atoms with Crippen LogP contribution < -0.4 is 10.6 Å². The summed E-state index contributed by atoms with van der Waals surface area (Å²) in [7, 11) is 4.70. The van der Waals surface area contributed by atoms with Crippen molar-refractivity contribution in [2.24, 2.45) is 23.2 Å². The van der Waals surface area contributed by atoms with Crippen molar-refractivity contribution in [3.63, 3.8) is 0 Å². The van der Waals surface area contributed by atoms with Gasteiger partial charge in [0, 0.05) is 30.1 Å². The van der Waals surface area contributed by atoms with Gasteiger partial charge in [0.25, 0.3) is 7.48 Å². The average Bonchev–Trinajstić information content (AvgIpc) is 2.80. The summed E-state index contributed by atoms with van der Waals surface area (Å²) in [5.41, 5.74) is 1.16. The van der Waals surface area contributed by atoms with Crippen LogP contribution in [0, 0.1) is 23.2 Å². The molecule has 36 heavy (non-hydrogen) atoms. The van der Waals surface area contributed by atoms with E-state index >= 15 is 0 Å². The Bertz CT molecular complexity index is 757. The summed E-state index contributed by atoms with van der Waals surface area (Å²) in [6.45, 7) is 21.8. The first kappa shape index (κ1) is 30.9. The predicted octanol–water partition coefficient (Wildman–Crippen LogP) is 5.08. The minimum absolute atomic E-state index is 0.0763. The summed E-state index contributed by atoms with van der Waals surface area (Å²) in [6, 6.07) is -0.118. The molecular weight excluding hydrogens is 446 g/mol. The van der Waals surface area contributed by atoms with Crippen LogP contribution in [0.4, 0.5) is 0 Å². The van der Waals surface area contributed by atoms with E-state index in [1.807, 2.05) is 6.92 Å². The molecular formula is C29H54B2N2O3. The normalized spacial score (nSPS) is 27.9. The highest BCUT2D eigenvalue weighted by molar-refractivity contribution is 6.30. The molecule has 0 aromatic carbocycles. The number of rotatable bonds is 17. The second kappa shape index (κ2) is 13.4. The van der Waals surface area contributed by atoms with Crippen LogP contribution in [0.3, 0.4) is 0 Å². The van der Waals surface area contributed by atoms with Crippen LogP contribution in [-0.2, 0) is 14.2 Å². The fraction of sp³-hybridized carbons (Fsp3) is 0.828. The molecule has 3 aliphatic rings. The lowest BCUT2D eigenvalue weighted by atomic mass is 9.39. The lowest BCUT2D eigenvalue weighted by Crippen LogP contribution is -2.64. The predicted molar refractivity (Wildman–Crippen MR) is 156 cm³/mol. The SMILES string of the molecule is B[C@@H]1C[C@@H]2C[C@@H](C2(C)C)[C@]1(C)OB[C@H](CC(C)C)NC(=C)[C@H](C)NC(=O)CCCCCCC(=C)OC. The third kappa shape index (κ3) is 8.07. The topological polar surface area (TPSA) is 59.6 Å². The number of carbonyl (C=O) groups excluding carboxylic acids is 1. The van der Waals surface area contributed by atoms with Gasteiger partial charge in [0.2, 0.25) is 5.91 Å². The van der Waals surface area contributed by atoms with Crippen molar-refractivity contribution in [3.05, 3.63) is 24.6 Å². The van der Waals surface area contributed by atoms with E-state index in [2.05, 4.69) is 66.3 Å². The van der Waals surface area contributed by atoms with Crippen molar-refractivity contribution < 1.29 is 14.2 Å².